The highest BCUT2D eigenvalue weighted by atomic mass is 15.0. The van der Waals surface area contributed by atoms with Crippen molar-refractivity contribution in [3.63, 3.8) is 0 Å². The van der Waals surface area contributed by atoms with Gasteiger partial charge in [-0.15, -0.1) is 0 Å². The van der Waals surface area contributed by atoms with Crippen LogP contribution in [0, 0.1) is 11.3 Å². The number of anilines is 1. The number of nitrogens with two attached hydrogens (primary N) is 1. The van der Waals surface area contributed by atoms with Crippen LogP contribution in [0.4, 0.5) is 5.69 Å². The fourth-order valence-electron chi connectivity index (χ4n) is 1.20. The van der Waals surface area contributed by atoms with Crippen molar-refractivity contribution in [2.24, 2.45) is 0 Å². The van der Waals surface area contributed by atoms with E-state index in [4.69, 9.17) is 11.0 Å². The lowest BCUT2D eigenvalue weighted by Crippen LogP contribution is -2.13. The van der Waals surface area contributed by atoms with E-state index in [-0.39, 0.29) is 0 Å². The van der Waals surface area contributed by atoms with E-state index in [1.54, 1.807) is 12.1 Å². The maximum atomic E-state index is 8.83. The Morgan fingerprint density at radius 2 is 2.15 bits per heavy atom. The topological polar surface area (TPSA) is 53.0 Å². The Morgan fingerprint density at radius 1 is 1.46 bits per heavy atom. The van der Waals surface area contributed by atoms with Crippen molar-refractivity contribution in [2.75, 3.05) is 19.8 Å². The minimum absolute atomic E-state index is 0.661. The second-order valence-corrected chi connectivity index (χ2v) is 3.22. The van der Waals surface area contributed by atoms with E-state index in [0.29, 0.717) is 17.8 Å². The van der Waals surface area contributed by atoms with Gasteiger partial charge in [-0.05, 0) is 26.2 Å². The molecule has 0 aliphatic rings. The van der Waals surface area contributed by atoms with Crippen LogP contribution in [0.2, 0.25) is 0 Å². The van der Waals surface area contributed by atoms with Crippen LogP contribution in [-0.4, -0.2) is 19.0 Å². The van der Waals surface area contributed by atoms with Gasteiger partial charge in [-0.1, -0.05) is 6.07 Å². The van der Waals surface area contributed by atoms with Crippen LogP contribution in [0.1, 0.15) is 11.1 Å². The fraction of sp³-hybridized carbons (Fsp3) is 0.300. The molecule has 0 radical (unpaired) electrons. The Balaban J connectivity index is 3.10. The van der Waals surface area contributed by atoms with Crippen LogP contribution >= 0.6 is 0 Å². The third-order valence-corrected chi connectivity index (χ3v) is 1.81. The molecule has 13 heavy (non-hydrogen) atoms. The van der Waals surface area contributed by atoms with Gasteiger partial charge in [0.1, 0.15) is 0 Å². The summed E-state index contributed by atoms with van der Waals surface area (Å²) in [6, 6.07) is 7.54. The number of nitriles is 1. The normalized spacial score (nSPS) is 10.0. The Kier molecular flexibility index (Phi) is 2.88. The zero-order valence-electron chi connectivity index (χ0n) is 7.91. The number of benzene rings is 1. The summed E-state index contributed by atoms with van der Waals surface area (Å²) in [5, 5.41) is 8.83. The minimum atomic E-state index is 0.661. The predicted octanol–water partition coefficient (Wildman–Crippen LogP) is 1.20. The maximum absolute atomic E-state index is 8.83. The molecule has 0 saturated heterocycles. The Hall–Kier alpha value is -1.53. The minimum Gasteiger partial charge on any atom is -0.398 e. The summed E-state index contributed by atoms with van der Waals surface area (Å²) in [6.45, 7) is 0.704. The van der Waals surface area contributed by atoms with Crippen LogP contribution in [0.3, 0.4) is 0 Å². The summed E-state index contributed by atoms with van der Waals surface area (Å²) < 4.78 is 0. The number of rotatable bonds is 2. The third kappa shape index (κ3) is 2.20. The molecular formula is C10H13N3. The Labute approximate surface area is 78.4 Å². The van der Waals surface area contributed by atoms with Gasteiger partial charge in [0.05, 0.1) is 11.6 Å². The molecule has 3 heteroatoms. The summed E-state index contributed by atoms with van der Waals surface area (Å²) in [4.78, 5) is 1.99. The molecule has 0 aromatic heterocycles. The lowest BCUT2D eigenvalue weighted by atomic mass is 10.1. The first-order valence-corrected chi connectivity index (χ1v) is 4.07. The first-order chi connectivity index (χ1) is 6.15. The van der Waals surface area contributed by atoms with Crippen LogP contribution in [0.25, 0.3) is 0 Å². The second kappa shape index (κ2) is 3.92. The molecule has 0 bridgehead atoms. The second-order valence-electron chi connectivity index (χ2n) is 3.22. The van der Waals surface area contributed by atoms with Gasteiger partial charge in [-0.25, -0.2) is 0 Å². The molecular weight excluding hydrogens is 162 g/mol. The molecule has 0 fully saturated rings. The SMILES string of the molecule is CN(C)Cc1c(N)cccc1C#N. The van der Waals surface area contributed by atoms with Gasteiger partial charge in [-0.2, -0.15) is 5.26 Å². The number of hydrogen-bond acceptors (Lipinski definition) is 3. The predicted molar refractivity (Wildman–Crippen MR) is 53.0 cm³/mol. The summed E-state index contributed by atoms with van der Waals surface area (Å²) in [5.74, 6) is 0. The first-order valence-electron chi connectivity index (χ1n) is 4.07. The van der Waals surface area contributed by atoms with Crippen molar-refractivity contribution >= 4 is 5.69 Å². The van der Waals surface area contributed by atoms with Gasteiger partial charge in [-0.3, -0.25) is 0 Å². The van der Waals surface area contributed by atoms with E-state index in [9.17, 15) is 0 Å². The molecule has 0 heterocycles. The van der Waals surface area contributed by atoms with E-state index >= 15 is 0 Å². The van der Waals surface area contributed by atoms with E-state index in [1.165, 1.54) is 0 Å². The summed E-state index contributed by atoms with van der Waals surface area (Å²) >= 11 is 0. The lowest BCUT2D eigenvalue weighted by molar-refractivity contribution is 0.403. The number of hydrogen-bond donors (Lipinski definition) is 1. The molecule has 0 aliphatic heterocycles. The van der Waals surface area contributed by atoms with E-state index in [1.807, 2.05) is 25.1 Å². The first kappa shape index (κ1) is 9.56. The van der Waals surface area contributed by atoms with Crippen LogP contribution in [-0.2, 0) is 6.54 Å². The van der Waals surface area contributed by atoms with Crippen molar-refractivity contribution in [1.82, 2.24) is 4.90 Å². The summed E-state index contributed by atoms with van der Waals surface area (Å²) in [5.41, 5.74) is 8.03. The summed E-state index contributed by atoms with van der Waals surface area (Å²) in [7, 11) is 3.90. The highest BCUT2D eigenvalue weighted by Gasteiger charge is 2.05. The average Bonchev–Trinajstić information content (AvgIpc) is 2.08. The van der Waals surface area contributed by atoms with Crippen LogP contribution < -0.4 is 5.73 Å². The average molecular weight is 175 g/mol. The number of nitrogens with zero attached hydrogens (tertiary/aromatic N) is 2. The van der Waals surface area contributed by atoms with E-state index < -0.39 is 0 Å². The van der Waals surface area contributed by atoms with Gasteiger partial charge in [0.25, 0.3) is 0 Å². The molecule has 0 amide bonds. The van der Waals surface area contributed by atoms with Crippen LogP contribution in [0.15, 0.2) is 18.2 Å². The molecule has 0 saturated carbocycles. The van der Waals surface area contributed by atoms with Crippen molar-refractivity contribution < 1.29 is 0 Å². The molecule has 0 atom stereocenters. The molecule has 3 nitrogen and oxygen atoms in total. The quantitative estimate of drug-likeness (QED) is 0.687. The lowest BCUT2D eigenvalue weighted by Gasteiger charge is -2.12. The van der Waals surface area contributed by atoms with E-state index in [0.717, 1.165) is 5.56 Å². The summed E-state index contributed by atoms with van der Waals surface area (Å²) in [6.07, 6.45) is 0. The van der Waals surface area contributed by atoms with Crippen molar-refractivity contribution in [3.8, 4) is 6.07 Å². The zero-order valence-corrected chi connectivity index (χ0v) is 7.91. The van der Waals surface area contributed by atoms with Gasteiger partial charge in [0, 0.05) is 17.8 Å². The fourth-order valence-corrected chi connectivity index (χ4v) is 1.20. The molecule has 0 unspecified atom stereocenters. The van der Waals surface area contributed by atoms with Gasteiger partial charge >= 0.3 is 0 Å². The maximum Gasteiger partial charge on any atom is 0.0995 e. The van der Waals surface area contributed by atoms with Gasteiger partial charge < -0.3 is 10.6 Å². The highest BCUT2D eigenvalue weighted by Crippen LogP contribution is 2.17. The van der Waals surface area contributed by atoms with Crippen LogP contribution in [0.5, 0.6) is 0 Å². The Bertz CT molecular complexity index is 337. The van der Waals surface area contributed by atoms with Crippen molar-refractivity contribution in [1.29, 1.82) is 5.26 Å². The van der Waals surface area contributed by atoms with Gasteiger partial charge in [0.15, 0.2) is 0 Å². The zero-order chi connectivity index (χ0) is 9.84. The molecule has 0 aliphatic carbocycles. The molecule has 1 aromatic rings. The molecule has 1 rings (SSSR count). The standard InChI is InChI=1S/C10H13N3/c1-13(2)7-9-8(6-11)4-3-5-10(9)12/h3-5H,7,12H2,1-2H3. The third-order valence-electron chi connectivity index (χ3n) is 1.81. The smallest absolute Gasteiger partial charge is 0.0995 e. The van der Waals surface area contributed by atoms with Gasteiger partial charge in [0.2, 0.25) is 0 Å². The Morgan fingerprint density at radius 3 is 2.69 bits per heavy atom. The number of nitrogen functional groups attached to an aromatic ring is 1. The highest BCUT2D eigenvalue weighted by molar-refractivity contribution is 5.54. The van der Waals surface area contributed by atoms with E-state index in [2.05, 4.69) is 6.07 Å². The molecule has 2 N–H and O–H groups in total. The van der Waals surface area contributed by atoms with Crippen molar-refractivity contribution in [2.45, 2.75) is 6.54 Å². The van der Waals surface area contributed by atoms with Crippen molar-refractivity contribution in [3.05, 3.63) is 29.3 Å². The molecule has 0 spiro atoms. The largest absolute Gasteiger partial charge is 0.398 e. The molecule has 1 aromatic carbocycles. The molecule has 68 valence electrons. The monoisotopic (exact) mass is 175 g/mol.